The molecule has 0 spiro atoms. The quantitative estimate of drug-likeness (QED) is 0.803. The second-order valence-electron chi connectivity index (χ2n) is 4.89. The molecule has 22 heavy (non-hydrogen) atoms. The van der Waals surface area contributed by atoms with E-state index in [-0.39, 0.29) is 5.88 Å². The SMILES string of the molecule is COc1ccc(-c2nc(O)c3ccc(OC)c(C)c3n2)cc1. The van der Waals surface area contributed by atoms with Crippen molar-refractivity contribution < 1.29 is 14.6 Å². The van der Waals surface area contributed by atoms with Crippen LogP contribution in [-0.4, -0.2) is 29.3 Å². The number of rotatable bonds is 3. The molecule has 0 fully saturated rings. The minimum absolute atomic E-state index is 0.0402. The van der Waals surface area contributed by atoms with E-state index in [0.717, 1.165) is 22.6 Å². The smallest absolute Gasteiger partial charge is 0.222 e. The fourth-order valence-corrected chi connectivity index (χ4v) is 2.39. The third-order valence-electron chi connectivity index (χ3n) is 3.62. The van der Waals surface area contributed by atoms with Gasteiger partial charge < -0.3 is 14.6 Å². The second-order valence-corrected chi connectivity index (χ2v) is 4.89. The van der Waals surface area contributed by atoms with Crippen molar-refractivity contribution >= 4 is 10.9 Å². The van der Waals surface area contributed by atoms with Gasteiger partial charge in [0, 0.05) is 11.1 Å². The average Bonchev–Trinajstić information content (AvgIpc) is 2.56. The highest BCUT2D eigenvalue weighted by molar-refractivity contribution is 5.89. The highest BCUT2D eigenvalue weighted by Crippen LogP contribution is 2.32. The number of methoxy groups -OCH3 is 2. The van der Waals surface area contributed by atoms with E-state index in [9.17, 15) is 5.11 Å². The van der Waals surface area contributed by atoms with E-state index < -0.39 is 0 Å². The molecule has 0 radical (unpaired) electrons. The fraction of sp³-hybridized carbons (Fsp3) is 0.176. The minimum atomic E-state index is -0.0402. The van der Waals surface area contributed by atoms with Crippen LogP contribution in [0, 0.1) is 6.92 Å². The summed E-state index contributed by atoms with van der Waals surface area (Å²) in [6.07, 6.45) is 0. The number of fused-ring (bicyclic) bond motifs is 1. The molecule has 0 atom stereocenters. The van der Waals surface area contributed by atoms with Gasteiger partial charge in [-0.2, -0.15) is 4.98 Å². The van der Waals surface area contributed by atoms with Gasteiger partial charge in [-0.25, -0.2) is 4.98 Å². The lowest BCUT2D eigenvalue weighted by molar-refractivity contribution is 0.412. The van der Waals surface area contributed by atoms with E-state index in [0.29, 0.717) is 16.7 Å². The number of aromatic hydroxyl groups is 1. The molecule has 0 unspecified atom stereocenters. The van der Waals surface area contributed by atoms with Gasteiger partial charge in [-0.1, -0.05) is 0 Å². The van der Waals surface area contributed by atoms with Gasteiger partial charge >= 0.3 is 0 Å². The zero-order chi connectivity index (χ0) is 15.7. The summed E-state index contributed by atoms with van der Waals surface area (Å²) in [5, 5.41) is 10.8. The van der Waals surface area contributed by atoms with Crippen molar-refractivity contribution in [3.63, 3.8) is 0 Å². The Morgan fingerprint density at radius 1 is 0.909 bits per heavy atom. The Morgan fingerprint density at radius 3 is 2.27 bits per heavy atom. The second kappa shape index (κ2) is 5.52. The molecule has 0 bridgehead atoms. The van der Waals surface area contributed by atoms with Crippen LogP contribution < -0.4 is 9.47 Å². The first-order valence-electron chi connectivity index (χ1n) is 6.82. The maximum absolute atomic E-state index is 10.2. The Kier molecular flexibility index (Phi) is 3.55. The van der Waals surface area contributed by atoms with E-state index >= 15 is 0 Å². The molecule has 0 aliphatic rings. The van der Waals surface area contributed by atoms with Crippen molar-refractivity contribution in [2.75, 3.05) is 14.2 Å². The molecule has 0 saturated carbocycles. The molecule has 0 aliphatic heterocycles. The predicted octanol–water partition coefficient (Wildman–Crippen LogP) is 3.33. The maximum Gasteiger partial charge on any atom is 0.222 e. The molecule has 0 saturated heterocycles. The summed E-state index contributed by atoms with van der Waals surface area (Å²) >= 11 is 0. The van der Waals surface area contributed by atoms with Gasteiger partial charge in [0.05, 0.1) is 25.1 Å². The highest BCUT2D eigenvalue weighted by Gasteiger charge is 2.13. The maximum atomic E-state index is 10.2. The molecule has 1 aromatic heterocycles. The van der Waals surface area contributed by atoms with Crippen molar-refractivity contribution in [1.29, 1.82) is 0 Å². The van der Waals surface area contributed by atoms with E-state index in [2.05, 4.69) is 9.97 Å². The van der Waals surface area contributed by atoms with Gasteiger partial charge in [0.2, 0.25) is 5.88 Å². The topological polar surface area (TPSA) is 64.5 Å². The first-order valence-corrected chi connectivity index (χ1v) is 6.82. The van der Waals surface area contributed by atoms with Crippen molar-refractivity contribution in [3.05, 3.63) is 42.0 Å². The molecule has 5 nitrogen and oxygen atoms in total. The number of nitrogens with zero attached hydrogens (tertiary/aromatic N) is 2. The van der Waals surface area contributed by atoms with Crippen LogP contribution in [0.1, 0.15) is 5.56 Å². The van der Waals surface area contributed by atoms with E-state index in [1.54, 1.807) is 26.4 Å². The molecule has 3 rings (SSSR count). The van der Waals surface area contributed by atoms with Crippen LogP contribution in [0.2, 0.25) is 0 Å². The lowest BCUT2D eigenvalue weighted by atomic mass is 10.1. The van der Waals surface area contributed by atoms with Crippen LogP contribution >= 0.6 is 0 Å². The van der Waals surface area contributed by atoms with Crippen molar-refractivity contribution in [2.45, 2.75) is 6.92 Å². The Balaban J connectivity index is 2.20. The van der Waals surface area contributed by atoms with Crippen LogP contribution in [0.15, 0.2) is 36.4 Å². The Hall–Kier alpha value is -2.82. The summed E-state index contributed by atoms with van der Waals surface area (Å²) in [7, 11) is 3.22. The normalized spacial score (nSPS) is 10.7. The number of ether oxygens (including phenoxy) is 2. The van der Waals surface area contributed by atoms with Crippen LogP contribution in [-0.2, 0) is 0 Å². The molecule has 3 aromatic rings. The average molecular weight is 296 g/mol. The standard InChI is InChI=1S/C17H16N2O3/c1-10-14(22-3)9-8-13-15(10)18-16(19-17(13)20)11-4-6-12(21-2)7-5-11/h4-9H,1-3H3,(H,18,19,20). The third-order valence-corrected chi connectivity index (χ3v) is 3.62. The van der Waals surface area contributed by atoms with Gasteiger partial charge in [0.15, 0.2) is 5.82 Å². The van der Waals surface area contributed by atoms with Crippen LogP contribution in [0.25, 0.3) is 22.3 Å². The first kappa shape index (κ1) is 14.1. The van der Waals surface area contributed by atoms with Gasteiger partial charge in [0.25, 0.3) is 0 Å². The van der Waals surface area contributed by atoms with Gasteiger partial charge in [-0.3, -0.25) is 0 Å². The molecular formula is C17H16N2O3. The lowest BCUT2D eigenvalue weighted by Crippen LogP contribution is -1.95. The van der Waals surface area contributed by atoms with E-state index in [1.165, 1.54) is 0 Å². The number of aryl methyl sites for hydroxylation is 1. The third kappa shape index (κ3) is 2.30. The van der Waals surface area contributed by atoms with E-state index in [4.69, 9.17) is 9.47 Å². The van der Waals surface area contributed by atoms with Crippen LogP contribution in [0.5, 0.6) is 17.4 Å². The summed E-state index contributed by atoms with van der Waals surface area (Å²) in [4.78, 5) is 8.76. The molecule has 2 aromatic carbocycles. The predicted molar refractivity (Wildman–Crippen MR) is 84.5 cm³/mol. The van der Waals surface area contributed by atoms with Gasteiger partial charge in [0.1, 0.15) is 11.5 Å². The van der Waals surface area contributed by atoms with Crippen LogP contribution in [0.3, 0.4) is 0 Å². The molecule has 0 amide bonds. The van der Waals surface area contributed by atoms with Crippen molar-refractivity contribution in [2.24, 2.45) is 0 Å². The summed E-state index contributed by atoms with van der Waals surface area (Å²) in [5.74, 6) is 1.91. The highest BCUT2D eigenvalue weighted by atomic mass is 16.5. The number of hydrogen-bond acceptors (Lipinski definition) is 5. The monoisotopic (exact) mass is 296 g/mol. The number of benzene rings is 2. The molecule has 5 heteroatoms. The fourth-order valence-electron chi connectivity index (χ4n) is 2.39. The largest absolute Gasteiger partial charge is 0.497 e. The molecule has 112 valence electrons. The molecule has 0 aliphatic carbocycles. The van der Waals surface area contributed by atoms with Crippen LogP contribution in [0.4, 0.5) is 0 Å². The zero-order valence-corrected chi connectivity index (χ0v) is 12.6. The molecule has 1 heterocycles. The number of hydrogen-bond donors (Lipinski definition) is 1. The lowest BCUT2D eigenvalue weighted by Gasteiger charge is -2.10. The summed E-state index contributed by atoms with van der Waals surface area (Å²) in [6.45, 7) is 1.91. The number of aromatic nitrogens is 2. The van der Waals surface area contributed by atoms with Crippen molar-refractivity contribution in [3.8, 4) is 28.8 Å². The summed E-state index contributed by atoms with van der Waals surface area (Å²) in [5.41, 5.74) is 2.35. The first-order chi connectivity index (χ1) is 10.6. The minimum Gasteiger partial charge on any atom is -0.497 e. The van der Waals surface area contributed by atoms with Gasteiger partial charge in [-0.15, -0.1) is 0 Å². The zero-order valence-electron chi connectivity index (χ0n) is 12.6. The summed E-state index contributed by atoms with van der Waals surface area (Å²) < 4.78 is 10.5. The van der Waals surface area contributed by atoms with E-state index in [1.807, 2.05) is 31.2 Å². The Labute approximate surface area is 128 Å². The van der Waals surface area contributed by atoms with Gasteiger partial charge in [-0.05, 0) is 43.3 Å². The molecule has 1 N–H and O–H groups in total. The Morgan fingerprint density at radius 2 is 1.64 bits per heavy atom. The van der Waals surface area contributed by atoms with Crippen molar-refractivity contribution in [1.82, 2.24) is 9.97 Å². The summed E-state index contributed by atoms with van der Waals surface area (Å²) in [6, 6.07) is 10.9. The molecular weight excluding hydrogens is 280 g/mol. The Bertz CT molecular complexity index is 829.